The number of hydrogen-bond acceptors (Lipinski definition) is 4. The molecule has 1 unspecified atom stereocenters. The lowest BCUT2D eigenvalue weighted by Gasteiger charge is -2.16. The van der Waals surface area contributed by atoms with Crippen LogP contribution in [0, 0.1) is 6.92 Å². The van der Waals surface area contributed by atoms with Crippen LogP contribution in [0.1, 0.15) is 21.5 Å². The molecule has 0 spiro atoms. The highest BCUT2D eigenvalue weighted by Crippen LogP contribution is 2.32. The number of benzene rings is 1. The van der Waals surface area contributed by atoms with Gasteiger partial charge in [-0.3, -0.25) is 5.84 Å². The first kappa shape index (κ1) is 12.8. The Kier molecular flexibility index (Phi) is 4.01. The lowest BCUT2D eigenvalue weighted by Crippen LogP contribution is -2.28. The normalized spacial score (nSPS) is 12.7. The number of aryl methyl sites for hydroxylation is 1. The number of nitrogens with two attached hydrogens (primary N) is 1. The van der Waals surface area contributed by atoms with Gasteiger partial charge in [-0.15, -0.1) is 11.3 Å². The Balaban J connectivity index is 2.45. The van der Waals surface area contributed by atoms with Gasteiger partial charge in [-0.25, -0.2) is 10.4 Å². The van der Waals surface area contributed by atoms with Gasteiger partial charge in [0.1, 0.15) is 0 Å². The number of rotatable bonds is 3. The van der Waals surface area contributed by atoms with Gasteiger partial charge in [-0.1, -0.05) is 23.2 Å². The summed E-state index contributed by atoms with van der Waals surface area (Å²) in [5.41, 5.74) is 3.60. The van der Waals surface area contributed by atoms with Gasteiger partial charge in [-0.05, 0) is 30.7 Å². The van der Waals surface area contributed by atoms with Crippen molar-refractivity contribution in [3.63, 3.8) is 0 Å². The number of hydrazine groups is 1. The molecule has 3 N–H and O–H groups in total. The molecule has 17 heavy (non-hydrogen) atoms. The van der Waals surface area contributed by atoms with Crippen molar-refractivity contribution < 1.29 is 0 Å². The summed E-state index contributed by atoms with van der Waals surface area (Å²) in [6.45, 7) is 1.95. The average molecular weight is 288 g/mol. The van der Waals surface area contributed by atoms with Gasteiger partial charge in [0.15, 0.2) is 0 Å². The third kappa shape index (κ3) is 2.78. The molecular weight excluding hydrogens is 277 g/mol. The quantitative estimate of drug-likeness (QED) is 0.673. The molecule has 0 bridgehead atoms. The molecule has 90 valence electrons. The molecule has 2 rings (SSSR count). The molecule has 2 aromatic rings. The third-order valence-electron chi connectivity index (χ3n) is 2.36. The third-order valence-corrected chi connectivity index (χ3v) is 3.92. The van der Waals surface area contributed by atoms with E-state index in [0.717, 1.165) is 15.4 Å². The molecule has 1 aromatic heterocycles. The van der Waals surface area contributed by atoms with Crippen molar-refractivity contribution >= 4 is 34.5 Å². The van der Waals surface area contributed by atoms with Crippen LogP contribution in [-0.2, 0) is 0 Å². The van der Waals surface area contributed by atoms with E-state index in [1.807, 2.05) is 13.0 Å². The van der Waals surface area contributed by atoms with Crippen LogP contribution in [-0.4, -0.2) is 4.98 Å². The van der Waals surface area contributed by atoms with Crippen LogP contribution < -0.4 is 11.3 Å². The molecule has 0 fully saturated rings. The van der Waals surface area contributed by atoms with Crippen molar-refractivity contribution in [1.82, 2.24) is 10.4 Å². The van der Waals surface area contributed by atoms with Crippen LogP contribution in [0.2, 0.25) is 10.0 Å². The van der Waals surface area contributed by atoms with Gasteiger partial charge >= 0.3 is 0 Å². The maximum Gasteiger partial charge on any atom is 0.0897 e. The minimum Gasteiger partial charge on any atom is -0.271 e. The van der Waals surface area contributed by atoms with Gasteiger partial charge in [0, 0.05) is 21.1 Å². The lowest BCUT2D eigenvalue weighted by atomic mass is 10.1. The highest BCUT2D eigenvalue weighted by molar-refractivity contribution is 7.11. The second kappa shape index (κ2) is 5.33. The number of nitrogens with zero attached hydrogens (tertiary/aromatic N) is 1. The lowest BCUT2D eigenvalue weighted by molar-refractivity contribution is 0.645. The first-order valence-electron chi connectivity index (χ1n) is 4.95. The largest absolute Gasteiger partial charge is 0.271 e. The molecule has 0 aliphatic heterocycles. The number of halogens is 2. The Bertz CT molecular complexity index is 527. The minimum absolute atomic E-state index is 0.188. The van der Waals surface area contributed by atoms with Gasteiger partial charge in [0.05, 0.1) is 11.0 Å². The van der Waals surface area contributed by atoms with Crippen LogP contribution in [0.5, 0.6) is 0 Å². The number of nitrogens with one attached hydrogen (secondary N) is 1. The van der Waals surface area contributed by atoms with Gasteiger partial charge in [0.25, 0.3) is 0 Å². The second-order valence-electron chi connectivity index (χ2n) is 3.55. The van der Waals surface area contributed by atoms with E-state index in [9.17, 15) is 0 Å². The zero-order valence-corrected chi connectivity index (χ0v) is 11.4. The maximum atomic E-state index is 6.16. The van der Waals surface area contributed by atoms with Crippen LogP contribution in [0.15, 0.2) is 24.4 Å². The minimum atomic E-state index is -0.188. The Morgan fingerprint density at radius 3 is 2.76 bits per heavy atom. The smallest absolute Gasteiger partial charge is 0.0897 e. The molecule has 0 radical (unpaired) electrons. The number of hydrogen-bond donors (Lipinski definition) is 2. The zero-order valence-electron chi connectivity index (χ0n) is 9.08. The van der Waals surface area contributed by atoms with E-state index >= 15 is 0 Å². The molecule has 0 saturated heterocycles. The summed E-state index contributed by atoms with van der Waals surface area (Å²) in [7, 11) is 0. The van der Waals surface area contributed by atoms with Crippen molar-refractivity contribution in [1.29, 1.82) is 0 Å². The fourth-order valence-electron chi connectivity index (χ4n) is 1.57. The molecule has 1 aromatic carbocycles. The molecule has 0 saturated carbocycles. The van der Waals surface area contributed by atoms with E-state index < -0.39 is 0 Å². The SMILES string of the molecule is Cc1ncc(C(NN)c2cc(Cl)ccc2Cl)s1. The van der Waals surface area contributed by atoms with E-state index in [-0.39, 0.29) is 6.04 Å². The van der Waals surface area contributed by atoms with Gasteiger partial charge < -0.3 is 0 Å². The van der Waals surface area contributed by atoms with Crippen LogP contribution in [0.4, 0.5) is 0 Å². The average Bonchev–Trinajstić information content (AvgIpc) is 2.71. The summed E-state index contributed by atoms with van der Waals surface area (Å²) >= 11 is 13.7. The molecule has 0 aliphatic rings. The highest BCUT2D eigenvalue weighted by Gasteiger charge is 2.18. The Morgan fingerprint density at radius 1 is 1.41 bits per heavy atom. The first-order valence-corrected chi connectivity index (χ1v) is 6.52. The summed E-state index contributed by atoms with van der Waals surface area (Å²) in [6, 6.07) is 5.13. The van der Waals surface area contributed by atoms with Crippen molar-refractivity contribution in [2.45, 2.75) is 13.0 Å². The molecule has 1 atom stereocenters. The van der Waals surface area contributed by atoms with Gasteiger partial charge in [-0.2, -0.15) is 0 Å². The van der Waals surface area contributed by atoms with Crippen molar-refractivity contribution in [2.75, 3.05) is 0 Å². The van der Waals surface area contributed by atoms with E-state index in [1.54, 1.807) is 29.7 Å². The predicted molar refractivity (Wildman–Crippen MR) is 72.5 cm³/mol. The summed E-state index contributed by atoms with van der Waals surface area (Å²) < 4.78 is 0. The van der Waals surface area contributed by atoms with E-state index in [2.05, 4.69) is 10.4 Å². The molecule has 1 heterocycles. The standard InChI is InChI=1S/C11H11Cl2N3S/c1-6-15-5-10(17-6)11(16-14)8-4-7(12)2-3-9(8)13/h2-5,11,16H,14H2,1H3. The summed E-state index contributed by atoms with van der Waals surface area (Å²) in [6.07, 6.45) is 1.79. The first-order chi connectivity index (χ1) is 8.11. The van der Waals surface area contributed by atoms with Crippen molar-refractivity contribution in [3.8, 4) is 0 Å². The molecule has 6 heteroatoms. The Labute approximate surface area is 114 Å². The summed E-state index contributed by atoms with van der Waals surface area (Å²) in [5, 5.41) is 2.24. The van der Waals surface area contributed by atoms with Crippen LogP contribution in [0.3, 0.4) is 0 Å². The number of aromatic nitrogens is 1. The van der Waals surface area contributed by atoms with Crippen molar-refractivity contribution in [2.24, 2.45) is 5.84 Å². The second-order valence-corrected chi connectivity index (χ2v) is 5.66. The summed E-state index contributed by atoms with van der Waals surface area (Å²) in [4.78, 5) is 5.22. The number of thiazole rings is 1. The molecular formula is C11H11Cl2N3S. The van der Waals surface area contributed by atoms with E-state index in [0.29, 0.717) is 10.0 Å². The van der Waals surface area contributed by atoms with Gasteiger partial charge in [0.2, 0.25) is 0 Å². The van der Waals surface area contributed by atoms with E-state index in [1.165, 1.54) is 0 Å². The fraction of sp³-hybridized carbons (Fsp3) is 0.182. The summed E-state index contributed by atoms with van der Waals surface area (Å²) in [5.74, 6) is 5.59. The maximum absolute atomic E-state index is 6.16. The topological polar surface area (TPSA) is 50.9 Å². The van der Waals surface area contributed by atoms with E-state index in [4.69, 9.17) is 29.0 Å². The highest BCUT2D eigenvalue weighted by atomic mass is 35.5. The molecule has 3 nitrogen and oxygen atoms in total. The van der Waals surface area contributed by atoms with Crippen molar-refractivity contribution in [3.05, 3.63) is 49.9 Å². The zero-order chi connectivity index (χ0) is 12.4. The Morgan fingerprint density at radius 2 is 2.18 bits per heavy atom. The molecule has 0 amide bonds. The molecule has 0 aliphatic carbocycles. The monoisotopic (exact) mass is 287 g/mol. The van der Waals surface area contributed by atoms with Crippen LogP contribution in [0.25, 0.3) is 0 Å². The Hall–Kier alpha value is -0.650. The predicted octanol–water partition coefficient (Wildman–Crippen LogP) is 3.31. The van der Waals surface area contributed by atoms with Crippen LogP contribution >= 0.6 is 34.5 Å². The fourth-order valence-corrected chi connectivity index (χ4v) is 2.84.